The molecule has 0 unspecified atom stereocenters. The molecule has 1 nitrogen and oxygen atoms in total. The predicted octanol–water partition coefficient (Wildman–Crippen LogP) is 4.44. The van der Waals surface area contributed by atoms with Crippen LogP contribution in [0.5, 0.6) is 11.5 Å². The van der Waals surface area contributed by atoms with Gasteiger partial charge in [0.25, 0.3) is 0 Å². The Labute approximate surface area is 94.3 Å². The van der Waals surface area contributed by atoms with Crippen LogP contribution in [-0.4, -0.2) is 0 Å². The first-order valence-corrected chi connectivity index (χ1v) is 5.13. The van der Waals surface area contributed by atoms with Crippen LogP contribution in [-0.2, 0) is 0 Å². The van der Waals surface area contributed by atoms with Gasteiger partial charge in [0.15, 0.2) is 0 Å². The zero-order valence-electron chi connectivity index (χ0n) is 8.41. The summed E-state index contributed by atoms with van der Waals surface area (Å²) in [7, 11) is 0. The van der Waals surface area contributed by atoms with Crippen molar-refractivity contribution in [3.8, 4) is 11.5 Å². The maximum absolute atomic E-state index is 6.00. The summed E-state index contributed by atoms with van der Waals surface area (Å²) in [4.78, 5) is 0. The van der Waals surface area contributed by atoms with Gasteiger partial charge in [0.1, 0.15) is 11.5 Å². The summed E-state index contributed by atoms with van der Waals surface area (Å²) in [5, 5.41) is 0.725. The summed E-state index contributed by atoms with van der Waals surface area (Å²) in [5.41, 5.74) is 0.961. The monoisotopic (exact) mass is 218 g/mol. The SMILES string of the molecule is Cc1c(Cl)cccc1Oc1ccccc1. The van der Waals surface area contributed by atoms with E-state index in [0.29, 0.717) is 0 Å². The van der Waals surface area contributed by atoms with Crippen LogP contribution >= 0.6 is 11.6 Å². The first-order chi connectivity index (χ1) is 7.27. The fourth-order valence-corrected chi connectivity index (χ4v) is 1.48. The number of para-hydroxylation sites is 1. The van der Waals surface area contributed by atoms with Gasteiger partial charge in [0, 0.05) is 10.6 Å². The lowest BCUT2D eigenvalue weighted by molar-refractivity contribution is 0.479. The zero-order valence-corrected chi connectivity index (χ0v) is 9.16. The molecular weight excluding hydrogens is 208 g/mol. The molecule has 0 saturated heterocycles. The number of ether oxygens (including phenoxy) is 1. The van der Waals surface area contributed by atoms with Gasteiger partial charge in [-0.1, -0.05) is 35.9 Å². The van der Waals surface area contributed by atoms with Crippen molar-refractivity contribution in [3.63, 3.8) is 0 Å². The Morgan fingerprint density at radius 1 is 0.933 bits per heavy atom. The van der Waals surface area contributed by atoms with E-state index in [1.54, 1.807) is 0 Å². The molecule has 0 atom stereocenters. The van der Waals surface area contributed by atoms with Crippen LogP contribution in [0.4, 0.5) is 0 Å². The Hall–Kier alpha value is -1.47. The Kier molecular flexibility index (Phi) is 2.93. The molecule has 0 aliphatic rings. The molecule has 0 fully saturated rings. The van der Waals surface area contributed by atoms with Crippen molar-refractivity contribution >= 4 is 11.6 Å². The number of benzene rings is 2. The van der Waals surface area contributed by atoms with Crippen molar-refractivity contribution in [2.24, 2.45) is 0 Å². The van der Waals surface area contributed by atoms with Crippen molar-refractivity contribution in [1.29, 1.82) is 0 Å². The molecule has 0 radical (unpaired) electrons. The van der Waals surface area contributed by atoms with Crippen molar-refractivity contribution in [3.05, 3.63) is 59.1 Å². The Bertz CT molecular complexity index is 451. The number of rotatable bonds is 2. The summed E-state index contributed by atoms with van der Waals surface area (Å²) in [5.74, 6) is 1.62. The number of hydrogen-bond donors (Lipinski definition) is 0. The zero-order chi connectivity index (χ0) is 10.7. The molecule has 0 aromatic heterocycles. The highest BCUT2D eigenvalue weighted by atomic mass is 35.5. The van der Waals surface area contributed by atoms with E-state index in [9.17, 15) is 0 Å². The third-order valence-corrected chi connectivity index (χ3v) is 2.60. The van der Waals surface area contributed by atoms with Crippen LogP contribution in [0.25, 0.3) is 0 Å². The van der Waals surface area contributed by atoms with Gasteiger partial charge in [-0.2, -0.15) is 0 Å². The molecule has 2 aromatic carbocycles. The molecule has 15 heavy (non-hydrogen) atoms. The van der Waals surface area contributed by atoms with E-state index < -0.39 is 0 Å². The summed E-state index contributed by atoms with van der Waals surface area (Å²) in [6.45, 7) is 1.95. The lowest BCUT2D eigenvalue weighted by Gasteiger charge is -2.09. The van der Waals surface area contributed by atoms with Gasteiger partial charge in [0.2, 0.25) is 0 Å². The van der Waals surface area contributed by atoms with Crippen LogP contribution < -0.4 is 4.74 Å². The summed E-state index contributed by atoms with van der Waals surface area (Å²) in [6, 6.07) is 15.3. The summed E-state index contributed by atoms with van der Waals surface area (Å²) >= 11 is 6.00. The smallest absolute Gasteiger partial charge is 0.131 e. The molecule has 2 heteroatoms. The Balaban J connectivity index is 2.29. The van der Waals surface area contributed by atoms with Gasteiger partial charge < -0.3 is 4.74 Å². The van der Waals surface area contributed by atoms with Crippen molar-refractivity contribution in [1.82, 2.24) is 0 Å². The molecular formula is C13H11ClO. The Morgan fingerprint density at radius 3 is 2.40 bits per heavy atom. The van der Waals surface area contributed by atoms with E-state index in [1.807, 2.05) is 55.5 Å². The minimum absolute atomic E-state index is 0.725. The van der Waals surface area contributed by atoms with Crippen LogP contribution in [0.2, 0.25) is 5.02 Å². The molecule has 0 bridgehead atoms. The highest BCUT2D eigenvalue weighted by molar-refractivity contribution is 6.31. The first kappa shape index (κ1) is 10.1. The average molecular weight is 219 g/mol. The molecule has 0 saturated carbocycles. The third-order valence-electron chi connectivity index (χ3n) is 2.19. The highest BCUT2D eigenvalue weighted by Crippen LogP contribution is 2.29. The molecule has 0 aliphatic heterocycles. The van der Waals surface area contributed by atoms with E-state index in [-0.39, 0.29) is 0 Å². The van der Waals surface area contributed by atoms with Crippen molar-refractivity contribution in [2.45, 2.75) is 6.92 Å². The predicted molar refractivity (Wildman–Crippen MR) is 62.7 cm³/mol. The Morgan fingerprint density at radius 2 is 1.67 bits per heavy atom. The molecule has 0 spiro atoms. The van der Waals surface area contributed by atoms with E-state index in [0.717, 1.165) is 22.1 Å². The lowest BCUT2D eigenvalue weighted by atomic mass is 10.2. The van der Waals surface area contributed by atoms with Gasteiger partial charge in [0.05, 0.1) is 0 Å². The topological polar surface area (TPSA) is 9.23 Å². The second kappa shape index (κ2) is 4.37. The quantitative estimate of drug-likeness (QED) is 0.724. The molecule has 2 aromatic rings. The number of halogens is 1. The second-order valence-electron chi connectivity index (χ2n) is 3.28. The van der Waals surface area contributed by atoms with Gasteiger partial charge in [-0.15, -0.1) is 0 Å². The summed E-state index contributed by atoms with van der Waals surface area (Å²) in [6.07, 6.45) is 0. The maximum Gasteiger partial charge on any atom is 0.131 e. The van der Waals surface area contributed by atoms with Crippen LogP contribution in [0.3, 0.4) is 0 Å². The first-order valence-electron chi connectivity index (χ1n) is 4.75. The third kappa shape index (κ3) is 2.31. The molecule has 76 valence electrons. The largest absolute Gasteiger partial charge is 0.457 e. The lowest BCUT2D eigenvalue weighted by Crippen LogP contribution is -1.87. The van der Waals surface area contributed by atoms with Gasteiger partial charge in [-0.05, 0) is 31.2 Å². The van der Waals surface area contributed by atoms with E-state index in [1.165, 1.54) is 0 Å². The van der Waals surface area contributed by atoms with Crippen LogP contribution in [0.15, 0.2) is 48.5 Å². The minimum atomic E-state index is 0.725. The molecule has 2 rings (SSSR count). The fraction of sp³-hybridized carbons (Fsp3) is 0.0769. The molecule has 0 heterocycles. The standard InChI is InChI=1S/C13H11ClO/c1-10-12(14)8-5-9-13(10)15-11-6-3-2-4-7-11/h2-9H,1H3. The molecule has 0 amide bonds. The number of hydrogen-bond acceptors (Lipinski definition) is 1. The van der Waals surface area contributed by atoms with Crippen molar-refractivity contribution in [2.75, 3.05) is 0 Å². The summed E-state index contributed by atoms with van der Waals surface area (Å²) < 4.78 is 5.71. The van der Waals surface area contributed by atoms with E-state index in [2.05, 4.69) is 0 Å². The fourth-order valence-electron chi connectivity index (χ4n) is 1.31. The highest BCUT2D eigenvalue weighted by Gasteiger charge is 2.03. The normalized spacial score (nSPS) is 10.0. The van der Waals surface area contributed by atoms with Crippen LogP contribution in [0.1, 0.15) is 5.56 Å². The van der Waals surface area contributed by atoms with E-state index in [4.69, 9.17) is 16.3 Å². The van der Waals surface area contributed by atoms with Crippen LogP contribution in [0, 0.1) is 6.92 Å². The van der Waals surface area contributed by atoms with Crippen molar-refractivity contribution < 1.29 is 4.74 Å². The van der Waals surface area contributed by atoms with Gasteiger partial charge in [-0.25, -0.2) is 0 Å². The van der Waals surface area contributed by atoms with Gasteiger partial charge >= 0.3 is 0 Å². The molecule has 0 aliphatic carbocycles. The minimum Gasteiger partial charge on any atom is -0.457 e. The molecule has 0 N–H and O–H groups in total. The second-order valence-corrected chi connectivity index (χ2v) is 3.69. The maximum atomic E-state index is 6.00. The van der Waals surface area contributed by atoms with Gasteiger partial charge in [-0.3, -0.25) is 0 Å². The van der Waals surface area contributed by atoms with E-state index >= 15 is 0 Å². The average Bonchev–Trinajstić information content (AvgIpc) is 2.26.